The number of amides is 1. The quantitative estimate of drug-likeness (QED) is 0.606. The highest BCUT2D eigenvalue weighted by Crippen LogP contribution is 2.29. The number of fused-ring (bicyclic) bond motifs is 1. The average molecular weight is 428 g/mol. The molecule has 2 aliphatic heterocycles. The second kappa shape index (κ2) is 10.9. The smallest absolute Gasteiger partial charge is 0.236 e. The second-order valence-corrected chi connectivity index (χ2v) is 9.71. The number of likely N-dealkylation sites (tertiary alicyclic amines) is 1. The largest absolute Gasteiger partial charge is 0.376 e. The average Bonchev–Trinajstić information content (AvgIpc) is 3.47. The van der Waals surface area contributed by atoms with Gasteiger partial charge in [0.25, 0.3) is 0 Å². The fourth-order valence-electron chi connectivity index (χ4n) is 5.66. The minimum atomic E-state index is 0.234. The number of hydrogen-bond donors (Lipinski definition) is 0. The third-order valence-electron chi connectivity index (χ3n) is 7.73. The summed E-state index contributed by atoms with van der Waals surface area (Å²) in [5.41, 5.74) is 3.08. The van der Waals surface area contributed by atoms with Crippen LogP contribution in [0.25, 0.3) is 0 Å². The third kappa shape index (κ3) is 5.88. The van der Waals surface area contributed by atoms with Crippen LogP contribution in [0.3, 0.4) is 0 Å². The number of carbonyl (C=O) groups is 1. The van der Waals surface area contributed by atoms with Crippen molar-refractivity contribution in [2.24, 2.45) is 5.92 Å². The second-order valence-electron chi connectivity index (χ2n) is 9.71. The standard InChI is InChI=1S/C26H41N3O2/c1-3-27(4-2)20-26(30)29(19-25-10-7-15-31-25)18-21-11-13-28(14-12-21)24-16-22-8-5-6-9-23(22)17-24/h5-6,8-9,21,24-25H,3-4,7,10-20H2,1-2H3/t25-/m1/s1. The van der Waals surface area contributed by atoms with E-state index in [0.717, 1.165) is 45.6 Å². The Labute approximate surface area is 188 Å². The van der Waals surface area contributed by atoms with Crippen LogP contribution in [0, 0.1) is 5.92 Å². The Kier molecular flexibility index (Phi) is 8.02. The van der Waals surface area contributed by atoms with Crippen molar-refractivity contribution < 1.29 is 9.53 Å². The molecule has 4 rings (SSSR count). The lowest BCUT2D eigenvalue weighted by molar-refractivity contribution is -0.135. The molecule has 5 nitrogen and oxygen atoms in total. The van der Waals surface area contributed by atoms with Gasteiger partial charge in [-0.3, -0.25) is 14.6 Å². The zero-order chi connectivity index (χ0) is 21.6. The van der Waals surface area contributed by atoms with Gasteiger partial charge in [0.15, 0.2) is 0 Å². The Morgan fingerprint density at radius 1 is 1.03 bits per heavy atom. The number of ether oxygens (including phenoxy) is 1. The van der Waals surface area contributed by atoms with E-state index in [0.29, 0.717) is 18.5 Å². The number of carbonyl (C=O) groups excluding carboxylic acids is 1. The van der Waals surface area contributed by atoms with Crippen molar-refractivity contribution >= 4 is 5.91 Å². The number of piperidine rings is 1. The van der Waals surface area contributed by atoms with Gasteiger partial charge >= 0.3 is 0 Å². The van der Waals surface area contributed by atoms with Gasteiger partial charge in [-0.25, -0.2) is 0 Å². The number of hydrogen-bond acceptors (Lipinski definition) is 4. The first-order chi connectivity index (χ1) is 15.2. The molecule has 0 radical (unpaired) electrons. The molecule has 2 saturated heterocycles. The summed E-state index contributed by atoms with van der Waals surface area (Å²) in [4.78, 5) is 20.2. The molecule has 5 heteroatoms. The summed E-state index contributed by atoms with van der Waals surface area (Å²) in [6.45, 7) is 11.5. The summed E-state index contributed by atoms with van der Waals surface area (Å²) in [5.74, 6) is 0.898. The van der Waals surface area contributed by atoms with Crippen molar-refractivity contribution in [3.63, 3.8) is 0 Å². The Morgan fingerprint density at radius 2 is 1.71 bits per heavy atom. The molecular formula is C26H41N3O2. The van der Waals surface area contributed by atoms with Gasteiger partial charge in [-0.2, -0.15) is 0 Å². The SMILES string of the molecule is CCN(CC)CC(=O)N(CC1CCN(C2Cc3ccccc3C2)CC1)C[C@H]1CCCO1. The minimum absolute atomic E-state index is 0.234. The maximum Gasteiger partial charge on any atom is 0.236 e. The van der Waals surface area contributed by atoms with Crippen molar-refractivity contribution in [3.05, 3.63) is 35.4 Å². The molecule has 1 aromatic carbocycles. The molecule has 2 fully saturated rings. The summed E-state index contributed by atoms with van der Waals surface area (Å²) in [6, 6.07) is 9.61. The summed E-state index contributed by atoms with van der Waals surface area (Å²) in [6.07, 6.45) is 7.27. The van der Waals surface area contributed by atoms with Crippen LogP contribution in [0.2, 0.25) is 0 Å². The summed E-state index contributed by atoms with van der Waals surface area (Å²) in [7, 11) is 0. The number of benzene rings is 1. The molecule has 0 aromatic heterocycles. The monoisotopic (exact) mass is 427 g/mol. The predicted octanol–water partition coefficient (Wildman–Crippen LogP) is 3.22. The van der Waals surface area contributed by atoms with Crippen LogP contribution in [0.5, 0.6) is 0 Å². The maximum atomic E-state index is 13.2. The van der Waals surface area contributed by atoms with Gasteiger partial charge < -0.3 is 9.64 Å². The fraction of sp³-hybridized carbons (Fsp3) is 0.731. The van der Waals surface area contributed by atoms with Crippen LogP contribution < -0.4 is 0 Å². The molecule has 2 heterocycles. The predicted molar refractivity (Wildman–Crippen MR) is 125 cm³/mol. The molecule has 0 saturated carbocycles. The van der Waals surface area contributed by atoms with Gasteiger partial charge in [0.2, 0.25) is 5.91 Å². The fourth-order valence-corrected chi connectivity index (χ4v) is 5.66. The lowest BCUT2D eigenvalue weighted by atomic mass is 9.94. The summed E-state index contributed by atoms with van der Waals surface area (Å²) < 4.78 is 5.88. The molecule has 0 unspecified atom stereocenters. The van der Waals surface area contributed by atoms with E-state index in [1.54, 1.807) is 11.1 Å². The third-order valence-corrected chi connectivity index (χ3v) is 7.73. The van der Waals surface area contributed by atoms with Crippen LogP contribution in [-0.4, -0.2) is 85.2 Å². The molecular weight excluding hydrogens is 386 g/mol. The Hall–Kier alpha value is -1.43. The van der Waals surface area contributed by atoms with E-state index in [-0.39, 0.29) is 12.0 Å². The molecule has 0 N–H and O–H groups in total. The Bertz CT molecular complexity index is 681. The first kappa shape index (κ1) is 22.8. The van der Waals surface area contributed by atoms with Crippen LogP contribution in [0.1, 0.15) is 50.7 Å². The van der Waals surface area contributed by atoms with Crippen molar-refractivity contribution in [2.45, 2.75) is 64.5 Å². The molecule has 172 valence electrons. The van der Waals surface area contributed by atoms with Crippen molar-refractivity contribution in [1.29, 1.82) is 0 Å². The lowest BCUT2D eigenvalue weighted by Gasteiger charge is -2.38. The van der Waals surface area contributed by atoms with E-state index in [1.807, 2.05) is 0 Å². The van der Waals surface area contributed by atoms with Crippen LogP contribution >= 0.6 is 0 Å². The zero-order valence-corrected chi connectivity index (χ0v) is 19.6. The number of rotatable bonds is 9. The first-order valence-electron chi connectivity index (χ1n) is 12.6. The molecule has 1 aliphatic carbocycles. The van der Waals surface area contributed by atoms with Crippen LogP contribution in [0.15, 0.2) is 24.3 Å². The van der Waals surface area contributed by atoms with E-state index in [4.69, 9.17) is 4.74 Å². The van der Waals surface area contributed by atoms with Crippen LogP contribution in [0.4, 0.5) is 0 Å². The van der Waals surface area contributed by atoms with Gasteiger partial charge in [0.1, 0.15) is 0 Å². The van der Waals surface area contributed by atoms with E-state index < -0.39 is 0 Å². The molecule has 1 aromatic rings. The summed E-state index contributed by atoms with van der Waals surface area (Å²) >= 11 is 0. The van der Waals surface area contributed by atoms with E-state index in [9.17, 15) is 4.79 Å². The molecule has 0 spiro atoms. The Morgan fingerprint density at radius 3 is 2.29 bits per heavy atom. The van der Waals surface area contributed by atoms with Gasteiger partial charge in [-0.1, -0.05) is 38.1 Å². The van der Waals surface area contributed by atoms with Crippen LogP contribution in [-0.2, 0) is 22.4 Å². The van der Waals surface area contributed by atoms with Crippen molar-refractivity contribution in [3.8, 4) is 0 Å². The molecule has 31 heavy (non-hydrogen) atoms. The first-order valence-corrected chi connectivity index (χ1v) is 12.6. The van der Waals surface area contributed by atoms with Gasteiger partial charge in [-0.05, 0) is 81.7 Å². The Balaban J connectivity index is 1.29. The highest BCUT2D eigenvalue weighted by atomic mass is 16.5. The van der Waals surface area contributed by atoms with E-state index in [1.165, 1.54) is 38.8 Å². The summed E-state index contributed by atoms with van der Waals surface area (Å²) in [5, 5.41) is 0. The van der Waals surface area contributed by atoms with Crippen molar-refractivity contribution in [2.75, 3.05) is 52.4 Å². The zero-order valence-electron chi connectivity index (χ0n) is 19.6. The topological polar surface area (TPSA) is 36.0 Å². The molecule has 0 bridgehead atoms. The highest BCUT2D eigenvalue weighted by Gasteiger charge is 2.32. The number of nitrogens with zero attached hydrogens (tertiary/aromatic N) is 3. The normalized spacial score (nSPS) is 22.9. The number of likely N-dealkylation sites (N-methyl/N-ethyl adjacent to an activating group) is 1. The molecule has 3 aliphatic rings. The molecule has 1 atom stereocenters. The van der Waals surface area contributed by atoms with Gasteiger partial charge in [-0.15, -0.1) is 0 Å². The van der Waals surface area contributed by atoms with Crippen molar-refractivity contribution in [1.82, 2.24) is 14.7 Å². The molecule has 1 amide bonds. The van der Waals surface area contributed by atoms with Gasteiger partial charge in [0, 0.05) is 25.7 Å². The van der Waals surface area contributed by atoms with E-state index in [2.05, 4.69) is 52.8 Å². The van der Waals surface area contributed by atoms with E-state index >= 15 is 0 Å². The van der Waals surface area contributed by atoms with Gasteiger partial charge in [0.05, 0.1) is 12.6 Å². The highest BCUT2D eigenvalue weighted by molar-refractivity contribution is 5.78. The lowest BCUT2D eigenvalue weighted by Crippen LogP contribution is -2.48. The minimum Gasteiger partial charge on any atom is -0.376 e. The maximum absolute atomic E-state index is 13.2.